The Morgan fingerprint density at radius 3 is 1.77 bits per heavy atom. The normalized spacial score (nSPS) is 12.7. The van der Waals surface area contributed by atoms with Gasteiger partial charge in [0, 0.05) is 18.7 Å². The van der Waals surface area contributed by atoms with Crippen LogP contribution in [0.4, 0.5) is 0 Å². The molecular weight excluding hydrogens is 486 g/mol. The minimum absolute atomic E-state index is 0.194. The van der Waals surface area contributed by atoms with Crippen molar-refractivity contribution in [3.63, 3.8) is 0 Å². The van der Waals surface area contributed by atoms with E-state index in [1.54, 1.807) is 0 Å². The largest absolute Gasteiger partial charge is 0.339 e. The Kier molecular flexibility index (Phi) is 22.5. The number of allylic oxidation sites excluding steroid dienone is 6. The van der Waals surface area contributed by atoms with Gasteiger partial charge in [-0.15, -0.1) is 19.4 Å². The summed E-state index contributed by atoms with van der Waals surface area (Å²) < 4.78 is 0. The van der Waals surface area contributed by atoms with Gasteiger partial charge in [-0.25, -0.2) is 0 Å². The molecular formula is C38H55NO. The van der Waals surface area contributed by atoms with Gasteiger partial charge in [0.25, 0.3) is 5.91 Å². The number of carbonyl (C=O) groups excluding carboxylic acids is 1. The predicted molar refractivity (Wildman–Crippen MR) is 182 cm³/mol. The number of rotatable bonds is 4. The highest BCUT2D eigenvalue weighted by molar-refractivity contribution is 5.95. The molecule has 2 nitrogen and oxygen atoms in total. The summed E-state index contributed by atoms with van der Waals surface area (Å²) in [5.41, 5.74) is 9.45. The first-order valence-electron chi connectivity index (χ1n) is 14.5. The monoisotopic (exact) mass is 541 g/mol. The zero-order valence-corrected chi connectivity index (χ0v) is 26.9. The summed E-state index contributed by atoms with van der Waals surface area (Å²) in [5.74, 6) is 0.194. The summed E-state index contributed by atoms with van der Waals surface area (Å²) in [7, 11) is 0. The Balaban J connectivity index is 0. The standard InChI is InChI=1S/C18H25NO.C12H14.C4H8.C2H6.C2H2/c1-4-14(2)17-10-9-16(13-15(17)3)18(20)19-11-7-5-6-8-12-19;1-4-11(5-2)12-9-7-6-8-10(12)3;1-4(2)3;2*1-2/h4,9-10,13H,5-8,11-12H2,1-3H3;4-9H,1H2,2-3H3;1H2,2-3H3;1-2H3;1-2H/b14-4-;11-5+;;;. The van der Waals surface area contributed by atoms with Crippen LogP contribution in [0.25, 0.3) is 11.1 Å². The average molecular weight is 542 g/mol. The van der Waals surface area contributed by atoms with Gasteiger partial charge in [-0.1, -0.05) is 87.4 Å². The first-order chi connectivity index (χ1) is 19.2. The second-order valence-electron chi connectivity index (χ2n) is 9.68. The predicted octanol–water partition coefficient (Wildman–Crippen LogP) is 10.9. The summed E-state index contributed by atoms with van der Waals surface area (Å²) >= 11 is 0. The third-order valence-corrected chi connectivity index (χ3v) is 6.21. The number of terminal acetylenes is 1. The van der Waals surface area contributed by atoms with Crippen LogP contribution >= 0.6 is 0 Å². The van der Waals surface area contributed by atoms with Crippen molar-refractivity contribution in [3.8, 4) is 12.8 Å². The number of aryl methyl sites for hydroxylation is 2. The molecule has 0 aliphatic carbocycles. The number of carbonyl (C=O) groups is 1. The van der Waals surface area contributed by atoms with Crippen LogP contribution in [0.15, 0.2) is 79.4 Å². The molecule has 2 aromatic rings. The zero-order chi connectivity index (χ0) is 31.1. The van der Waals surface area contributed by atoms with Crippen LogP contribution in [-0.2, 0) is 0 Å². The van der Waals surface area contributed by atoms with E-state index in [0.717, 1.165) is 31.5 Å². The van der Waals surface area contributed by atoms with Crippen LogP contribution in [0.2, 0.25) is 0 Å². The lowest BCUT2D eigenvalue weighted by atomic mass is 9.99. The highest BCUT2D eigenvalue weighted by Crippen LogP contribution is 2.21. The van der Waals surface area contributed by atoms with Crippen molar-refractivity contribution in [3.05, 3.63) is 107 Å². The first-order valence-corrected chi connectivity index (χ1v) is 14.5. The fourth-order valence-electron chi connectivity index (χ4n) is 4.13. The van der Waals surface area contributed by atoms with E-state index in [4.69, 9.17) is 0 Å². The van der Waals surface area contributed by atoms with Crippen molar-refractivity contribution >= 4 is 17.1 Å². The molecule has 0 bridgehead atoms. The molecule has 40 heavy (non-hydrogen) atoms. The van der Waals surface area contributed by atoms with E-state index >= 15 is 0 Å². The number of likely N-dealkylation sites (tertiary alicyclic amines) is 1. The molecule has 0 aromatic heterocycles. The van der Waals surface area contributed by atoms with E-state index in [1.807, 2.05) is 64.7 Å². The second kappa shape index (κ2) is 23.3. The number of nitrogens with zero attached hydrogens (tertiary/aromatic N) is 1. The van der Waals surface area contributed by atoms with Crippen LogP contribution in [0, 0.1) is 26.7 Å². The van der Waals surface area contributed by atoms with Crippen LogP contribution in [0.3, 0.4) is 0 Å². The van der Waals surface area contributed by atoms with Gasteiger partial charge in [0.15, 0.2) is 0 Å². The highest BCUT2D eigenvalue weighted by atomic mass is 16.2. The molecule has 0 saturated carbocycles. The highest BCUT2D eigenvalue weighted by Gasteiger charge is 2.17. The van der Waals surface area contributed by atoms with Gasteiger partial charge in [-0.3, -0.25) is 4.79 Å². The third-order valence-electron chi connectivity index (χ3n) is 6.21. The Bertz CT molecular complexity index is 1100. The second-order valence-corrected chi connectivity index (χ2v) is 9.68. The fraction of sp³-hybridized carbons (Fsp3) is 0.395. The molecule has 0 N–H and O–H groups in total. The van der Waals surface area contributed by atoms with Gasteiger partial charge in [0.2, 0.25) is 0 Å². The quantitative estimate of drug-likeness (QED) is 0.214. The maximum atomic E-state index is 12.6. The summed E-state index contributed by atoms with van der Waals surface area (Å²) in [6.07, 6.45) is 18.9. The van der Waals surface area contributed by atoms with Crippen molar-refractivity contribution < 1.29 is 4.79 Å². The minimum Gasteiger partial charge on any atom is -0.339 e. The van der Waals surface area contributed by atoms with E-state index in [-0.39, 0.29) is 5.91 Å². The Morgan fingerprint density at radius 1 is 0.825 bits per heavy atom. The smallest absolute Gasteiger partial charge is 0.253 e. The van der Waals surface area contributed by atoms with Crippen molar-refractivity contribution in [1.82, 2.24) is 4.90 Å². The van der Waals surface area contributed by atoms with Crippen LogP contribution in [-0.4, -0.2) is 23.9 Å². The SMILES string of the molecule is C#C.C/C=C(/C)c1ccc(C(=O)N2CCCCCC2)cc1C.C=C(C)C.C=C/C(=C\C)c1ccccc1C.CC. The van der Waals surface area contributed by atoms with Gasteiger partial charge in [0.1, 0.15) is 0 Å². The van der Waals surface area contributed by atoms with Gasteiger partial charge in [0.05, 0.1) is 0 Å². The van der Waals surface area contributed by atoms with E-state index in [1.165, 1.54) is 51.8 Å². The van der Waals surface area contributed by atoms with Crippen molar-refractivity contribution in [2.45, 2.75) is 88.0 Å². The van der Waals surface area contributed by atoms with Gasteiger partial charge >= 0.3 is 0 Å². The zero-order valence-electron chi connectivity index (χ0n) is 26.9. The fourth-order valence-corrected chi connectivity index (χ4v) is 4.13. The van der Waals surface area contributed by atoms with Gasteiger partial charge in [-0.05, 0) is 107 Å². The summed E-state index contributed by atoms with van der Waals surface area (Å²) in [6.45, 7) is 27.5. The Labute approximate surface area is 247 Å². The topological polar surface area (TPSA) is 20.3 Å². The molecule has 1 amide bonds. The summed E-state index contributed by atoms with van der Waals surface area (Å²) in [5, 5.41) is 0. The maximum absolute atomic E-state index is 12.6. The Hall–Kier alpha value is -3.57. The molecule has 2 aromatic carbocycles. The molecule has 2 heteroatoms. The van der Waals surface area contributed by atoms with Gasteiger partial charge in [-0.2, -0.15) is 0 Å². The summed E-state index contributed by atoms with van der Waals surface area (Å²) in [4.78, 5) is 14.6. The van der Waals surface area contributed by atoms with E-state index in [0.29, 0.717) is 0 Å². The van der Waals surface area contributed by atoms with E-state index in [9.17, 15) is 4.79 Å². The lowest BCUT2D eigenvalue weighted by molar-refractivity contribution is 0.0761. The maximum Gasteiger partial charge on any atom is 0.253 e. The molecule has 1 heterocycles. The lowest BCUT2D eigenvalue weighted by Crippen LogP contribution is -2.31. The first kappa shape index (κ1) is 38.6. The van der Waals surface area contributed by atoms with E-state index < -0.39 is 0 Å². The Morgan fingerprint density at radius 2 is 1.35 bits per heavy atom. The van der Waals surface area contributed by atoms with Gasteiger partial charge < -0.3 is 4.90 Å². The number of benzene rings is 2. The molecule has 0 radical (unpaired) electrons. The van der Waals surface area contributed by atoms with Crippen molar-refractivity contribution in [1.29, 1.82) is 0 Å². The minimum atomic E-state index is 0.194. The average Bonchev–Trinajstić information content (AvgIpc) is 3.26. The molecule has 0 unspecified atom stereocenters. The van der Waals surface area contributed by atoms with E-state index in [2.05, 4.69) is 89.3 Å². The van der Waals surface area contributed by atoms with Crippen molar-refractivity contribution in [2.24, 2.45) is 0 Å². The molecule has 3 rings (SSSR count). The van der Waals surface area contributed by atoms with Crippen molar-refractivity contribution in [2.75, 3.05) is 13.1 Å². The molecule has 1 saturated heterocycles. The lowest BCUT2D eigenvalue weighted by Gasteiger charge is -2.21. The number of hydrogen-bond acceptors (Lipinski definition) is 1. The number of amides is 1. The molecule has 0 spiro atoms. The number of hydrogen-bond donors (Lipinski definition) is 0. The molecule has 1 aliphatic rings. The summed E-state index contributed by atoms with van der Waals surface area (Å²) in [6, 6.07) is 14.4. The molecule has 218 valence electrons. The van der Waals surface area contributed by atoms with Crippen LogP contribution < -0.4 is 0 Å². The van der Waals surface area contributed by atoms with Crippen LogP contribution in [0.5, 0.6) is 0 Å². The molecule has 0 atom stereocenters. The van der Waals surface area contributed by atoms with Crippen LogP contribution in [0.1, 0.15) is 107 Å². The molecule has 1 fully saturated rings. The molecule has 1 aliphatic heterocycles. The third kappa shape index (κ3) is 14.5.